The summed E-state index contributed by atoms with van der Waals surface area (Å²) in [6.07, 6.45) is 8.76. The first-order valence-corrected chi connectivity index (χ1v) is 6.22. The van der Waals surface area contributed by atoms with Gasteiger partial charge in [-0.2, -0.15) is 5.10 Å². The number of rotatable bonds is 4. The Morgan fingerprint density at radius 3 is 2.81 bits per heavy atom. The average Bonchev–Trinajstić information content (AvgIpc) is 2.67. The fourth-order valence-corrected chi connectivity index (χ4v) is 2.30. The van der Waals surface area contributed by atoms with Gasteiger partial charge in [-0.1, -0.05) is 0 Å². The third-order valence-corrected chi connectivity index (χ3v) is 3.31. The summed E-state index contributed by atoms with van der Waals surface area (Å²) in [7, 11) is 0. The van der Waals surface area contributed by atoms with Gasteiger partial charge in [0.15, 0.2) is 0 Å². The van der Waals surface area contributed by atoms with Crippen LogP contribution >= 0.6 is 0 Å². The fourth-order valence-electron chi connectivity index (χ4n) is 2.30. The van der Waals surface area contributed by atoms with Crippen LogP contribution in [0.15, 0.2) is 12.4 Å². The molecule has 0 spiro atoms. The standard InChI is InChI=1S/C12H22N4/c1-10-8-15-16(9-10)7-6-14-12-4-2-11(13)3-5-12/h8-9,11-12,14H,2-7,13H2,1H3. The Hall–Kier alpha value is -0.870. The highest BCUT2D eigenvalue weighted by Gasteiger charge is 2.17. The van der Waals surface area contributed by atoms with Crippen LogP contribution in [0.5, 0.6) is 0 Å². The third kappa shape index (κ3) is 3.32. The molecule has 0 radical (unpaired) electrons. The zero-order valence-corrected chi connectivity index (χ0v) is 10.0. The topological polar surface area (TPSA) is 55.9 Å². The van der Waals surface area contributed by atoms with Gasteiger partial charge in [0, 0.05) is 24.8 Å². The van der Waals surface area contributed by atoms with Crippen LogP contribution in [0.1, 0.15) is 31.2 Å². The van der Waals surface area contributed by atoms with Crippen LogP contribution in [-0.4, -0.2) is 28.4 Å². The summed E-state index contributed by atoms with van der Waals surface area (Å²) in [5.74, 6) is 0. The van der Waals surface area contributed by atoms with E-state index in [0.717, 1.165) is 13.1 Å². The summed E-state index contributed by atoms with van der Waals surface area (Å²) in [4.78, 5) is 0. The van der Waals surface area contributed by atoms with Crippen LogP contribution < -0.4 is 11.1 Å². The second-order valence-corrected chi connectivity index (χ2v) is 4.85. The molecule has 0 saturated heterocycles. The summed E-state index contributed by atoms with van der Waals surface area (Å²) in [5, 5.41) is 7.85. The number of nitrogens with zero attached hydrogens (tertiary/aromatic N) is 2. The molecule has 0 amide bonds. The van der Waals surface area contributed by atoms with Crippen molar-refractivity contribution in [2.24, 2.45) is 5.73 Å². The lowest BCUT2D eigenvalue weighted by molar-refractivity contribution is 0.337. The molecule has 0 unspecified atom stereocenters. The molecule has 1 aromatic heterocycles. The molecule has 4 heteroatoms. The predicted octanol–water partition coefficient (Wildman–Crippen LogP) is 1.05. The lowest BCUT2D eigenvalue weighted by atomic mass is 9.92. The first-order chi connectivity index (χ1) is 7.74. The maximum Gasteiger partial charge on any atom is 0.0534 e. The monoisotopic (exact) mass is 222 g/mol. The van der Waals surface area contributed by atoms with Crippen molar-refractivity contribution < 1.29 is 0 Å². The van der Waals surface area contributed by atoms with Gasteiger partial charge in [-0.15, -0.1) is 0 Å². The smallest absolute Gasteiger partial charge is 0.0534 e. The number of aryl methyl sites for hydroxylation is 1. The second-order valence-electron chi connectivity index (χ2n) is 4.85. The fraction of sp³-hybridized carbons (Fsp3) is 0.750. The molecule has 1 fully saturated rings. The number of hydrogen-bond donors (Lipinski definition) is 2. The maximum absolute atomic E-state index is 5.88. The first-order valence-electron chi connectivity index (χ1n) is 6.22. The molecule has 0 atom stereocenters. The minimum atomic E-state index is 0.437. The van der Waals surface area contributed by atoms with Gasteiger partial charge < -0.3 is 11.1 Å². The molecule has 1 aliphatic rings. The highest BCUT2D eigenvalue weighted by Crippen LogP contribution is 2.16. The summed E-state index contributed by atoms with van der Waals surface area (Å²) in [5.41, 5.74) is 7.10. The van der Waals surface area contributed by atoms with Crippen molar-refractivity contribution >= 4 is 0 Å². The molecule has 4 nitrogen and oxygen atoms in total. The number of nitrogens with two attached hydrogens (primary N) is 1. The highest BCUT2D eigenvalue weighted by atomic mass is 15.3. The number of aromatic nitrogens is 2. The van der Waals surface area contributed by atoms with Gasteiger partial charge >= 0.3 is 0 Å². The van der Waals surface area contributed by atoms with E-state index in [-0.39, 0.29) is 0 Å². The zero-order chi connectivity index (χ0) is 11.4. The largest absolute Gasteiger partial charge is 0.328 e. The Balaban J connectivity index is 1.64. The van der Waals surface area contributed by atoms with Crippen molar-refractivity contribution in [1.82, 2.24) is 15.1 Å². The molecule has 0 bridgehead atoms. The Labute approximate surface area is 97.2 Å². The number of hydrogen-bond acceptors (Lipinski definition) is 3. The van der Waals surface area contributed by atoms with Crippen LogP contribution in [0.4, 0.5) is 0 Å². The molecule has 1 aromatic rings. The second kappa shape index (κ2) is 5.46. The van der Waals surface area contributed by atoms with E-state index in [0.29, 0.717) is 12.1 Å². The van der Waals surface area contributed by atoms with E-state index in [4.69, 9.17) is 5.73 Å². The molecule has 3 N–H and O–H groups in total. The molecule has 90 valence electrons. The molecule has 2 rings (SSSR count). The molecular formula is C12H22N4. The molecule has 1 aliphatic carbocycles. The molecule has 1 heterocycles. The molecule has 0 aromatic carbocycles. The van der Waals surface area contributed by atoms with E-state index >= 15 is 0 Å². The van der Waals surface area contributed by atoms with Gasteiger partial charge in [-0.25, -0.2) is 0 Å². The predicted molar refractivity (Wildman–Crippen MR) is 65.2 cm³/mol. The van der Waals surface area contributed by atoms with Crippen LogP contribution in [-0.2, 0) is 6.54 Å². The normalized spacial score (nSPS) is 25.9. The lowest BCUT2D eigenvalue weighted by Gasteiger charge is -2.26. The maximum atomic E-state index is 5.88. The van der Waals surface area contributed by atoms with Gasteiger partial charge in [-0.05, 0) is 38.2 Å². The zero-order valence-electron chi connectivity index (χ0n) is 10.0. The average molecular weight is 222 g/mol. The van der Waals surface area contributed by atoms with E-state index in [9.17, 15) is 0 Å². The molecule has 0 aliphatic heterocycles. The van der Waals surface area contributed by atoms with Crippen molar-refractivity contribution in [3.63, 3.8) is 0 Å². The molecular weight excluding hydrogens is 200 g/mol. The van der Waals surface area contributed by atoms with E-state index in [1.54, 1.807) is 0 Å². The van der Waals surface area contributed by atoms with E-state index in [2.05, 4.69) is 23.5 Å². The minimum Gasteiger partial charge on any atom is -0.328 e. The Morgan fingerprint density at radius 1 is 1.44 bits per heavy atom. The van der Waals surface area contributed by atoms with E-state index in [1.807, 2.05) is 10.9 Å². The lowest BCUT2D eigenvalue weighted by Crippen LogP contribution is -2.38. The number of nitrogens with one attached hydrogen (secondary N) is 1. The minimum absolute atomic E-state index is 0.437. The van der Waals surface area contributed by atoms with Crippen LogP contribution in [0.3, 0.4) is 0 Å². The van der Waals surface area contributed by atoms with Gasteiger partial charge in [0.2, 0.25) is 0 Å². The first kappa shape index (κ1) is 11.6. The Kier molecular flexibility index (Phi) is 3.96. The van der Waals surface area contributed by atoms with E-state index in [1.165, 1.54) is 31.2 Å². The van der Waals surface area contributed by atoms with Crippen LogP contribution in [0.25, 0.3) is 0 Å². The van der Waals surface area contributed by atoms with Crippen molar-refractivity contribution in [2.75, 3.05) is 6.54 Å². The van der Waals surface area contributed by atoms with Gasteiger partial charge in [0.25, 0.3) is 0 Å². The summed E-state index contributed by atoms with van der Waals surface area (Å²) in [6, 6.07) is 1.10. The summed E-state index contributed by atoms with van der Waals surface area (Å²) in [6.45, 7) is 4.02. The Bertz CT molecular complexity index is 313. The van der Waals surface area contributed by atoms with Crippen molar-refractivity contribution in [3.8, 4) is 0 Å². The highest BCUT2D eigenvalue weighted by molar-refractivity contribution is 4.99. The van der Waals surface area contributed by atoms with Crippen LogP contribution in [0.2, 0.25) is 0 Å². The molecule has 1 saturated carbocycles. The van der Waals surface area contributed by atoms with Gasteiger partial charge in [0.05, 0.1) is 12.7 Å². The Morgan fingerprint density at radius 2 is 2.19 bits per heavy atom. The van der Waals surface area contributed by atoms with Crippen molar-refractivity contribution in [2.45, 2.75) is 51.2 Å². The van der Waals surface area contributed by atoms with Gasteiger partial charge in [-0.3, -0.25) is 4.68 Å². The molecule has 16 heavy (non-hydrogen) atoms. The summed E-state index contributed by atoms with van der Waals surface area (Å²) >= 11 is 0. The SMILES string of the molecule is Cc1cnn(CCNC2CCC(N)CC2)c1. The van der Waals surface area contributed by atoms with Gasteiger partial charge in [0.1, 0.15) is 0 Å². The van der Waals surface area contributed by atoms with Crippen molar-refractivity contribution in [1.29, 1.82) is 0 Å². The third-order valence-electron chi connectivity index (χ3n) is 3.31. The van der Waals surface area contributed by atoms with E-state index < -0.39 is 0 Å². The van der Waals surface area contributed by atoms with Crippen molar-refractivity contribution in [3.05, 3.63) is 18.0 Å². The summed E-state index contributed by atoms with van der Waals surface area (Å²) < 4.78 is 2.00. The quantitative estimate of drug-likeness (QED) is 0.800. The van der Waals surface area contributed by atoms with Crippen LogP contribution in [0, 0.1) is 6.92 Å².